The second-order valence-corrected chi connectivity index (χ2v) is 2.62. The Labute approximate surface area is 79.9 Å². The van der Waals surface area contributed by atoms with E-state index in [0.717, 1.165) is 12.1 Å². The Morgan fingerprint density at radius 1 is 1.38 bits per heavy atom. The van der Waals surface area contributed by atoms with Crippen molar-refractivity contribution in [1.29, 1.82) is 0 Å². The molecule has 0 fully saturated rings. The zero-order valence-corrected chi connectivity index (χ0v) is 8.55. The number of hydrogen-bond acceptors (Lipinski definition) is 1. The van der Waals surface area contributed by atoms with Gasteiger partial charge >= 0.3 is 6.03 Å². The lowest BCUT2D eigenvalue weighted by Crippen LogP contribution is -2.34. The van der Waals surface area contributed by atoms with E-state index in [1.807, 2.05) is 39.0 Å². The van der Waals surface area contributed by atoms with Crippen LogP contribution in [-0.4, -0.2) is 12.6 Å². The molecule has 0 radical (unpaired) electrons. The molecule has 0 heterocycles. The van der Waals surface area contributed by atoms with Crippen LogP contribution >= 0.6 is 0 Å². The van der Waals surface area contributed by atoms with Crippen LogP contribution < -0.4 is 10.6 Å². The molecule has 0 unspecified atom stereocenters. The van der Waals surface area contributed by atoms with E-state index in [4.69, 9.17) is 0 Å². The summed E-state index contributed by atoms with van der Waals surface area (Å²) in [6.07, 6.45) is 6.54. The smallest absolute Gasteiger partial charge is 0.319 e. The zero-order valence-electron chi connectivity index (χ0n) is 8.55. The third kappa shape index (κ3) is 5.96. The summed E-state index contributed by atoms with van der Waals surface area (Å²) in [5, 5.41) is 5.46. The Bertz CT molecular complexity index is 207. The normalized spacial score (nSPS) is 11.8. The van der Waals surface area contributed by atoms with Gasteiger partial charge in [-0.25, -0.2) is 4.79 Å². The molecular weight excluding hydrogens is 164 g/mol. The summed E-state index contributed by atoms with van der Waals surface area (Å²) in [6.45, 7) is 6.52. The van der Waals surface area contributed by atoms with Gasteiger partial charge in [0.25, 0.3) is 0 Å². The van der Waals surface area contributed by atoms with Crippen LogP contribution in [0.3, 0.4) is 0 Å². The van der Waals surface area contributed by atoms with Gasteiger partial charge in [-0.3, -0.25) is 0 Å². The minimum Gasteiger partial charge on any atom is -0.338 e. The number of hydrogen-bond donors (Lipinski definition) is 2. The average Bonchev–Trinajstić information content (AvgIpc) is 2.14. The lowest BCUT2D eigenvalue weighted by atomic mass is 10.3. The summed E-state index contributed by atoms with van der Waals surface area (Å²) in [5.41, 5.74) is 0.816. The Morgan fingerprint density at radius 3 is 2.54 bits per heavy atom. The molecular formula is C10H18N2O. The predicted molar refractivity (Wildman–Crippen MR) is 55.4 cm³/mol. The molecule has 0 atom stereocenters. The molecule has 0 bridgehead atoms. The van der Waals surface area contributed by atoms with Crippen molar-refractivity contribution >= 4 is 6.03 Å². The molecule has 0 saturated carbocycles. The fraction of sp³-hybridized carbons (Fsp3) is 0.500. The van der Waals surface area contributed by atoms with Gasteiger partial charge in [-0.05, 0) is 26.3 Å². The van der Waals surface area contributed by atoms with Crippen LogP contribution in [0.1, 0.15) is 27.2 Å². The van der Waals surface area contributed by atoms with E-state index in [1.54, 1.807) is 0 Å². The first-order valence-electron chi connectivity index (χ1n) is 4.58. The van der Waals surface area contributed by atoms with Crippen LogP contribution in [0.4, 0.5) is 4.79 Å². The lowest BCUT2D eigenvalue weighted by molar-refractivity contribution is 0.243. The van der Waals surface area contributed by atoms with Crippen LogP contribution in [0.2, 0.25) is 0 Å². The van der Waals surface area contributed by atoms with Gasteiger partial charge in [0.1, 0.15) is 0 Å². The van der Waals surface area contributed by atoms with Gasteiger partial charge in [0.2, 0.25) is 0 Å². The molecule has 0 rings (SSSR count). The Balaban J connectivity index is 3.88. The average molecular weight is 182 g/mol. The van der Waals surface area contributed by atoms with Crippen LogP contribution in [0, 0.1) is 0 Å². The van der Waals surface area contributed by atoms with Crippen molar-refractivity contribution in [3.05, 3.63) is 23.9 Å². The largest absolute Gasteiger partial charge is 0.338 e. The van der Waals surface area contributed by atoms with Gasteiger partial charge in [0.15, 0.2) is 0 Å². The number of carbonyl (C=O) groups excluding carboxylic acids is 1. The van der Waals surface area contributed by atoms with E-state index < -0.39 is 0 Å². The van der Waals surface area contributed by atoms with Crippen molar-refractivity contribution in [1.82, 2.24) is 10.6 Å². The highest BCUT2D eigenvalue weighted by Gasteiger charge is 1.98. The predicted octanol–water partition coefficient (Wildman–Crippen LogP) is 2.18. The van der Waals surface area contributed by atoms with Gasteiger partial charge in [-0.2, -0.15) is 0 Å². The molecule has 0 aromatic rings. The maximum atomic E-state index is 11.1. The monoisotopic (exact) mass is 182 g/mol. The van der Waals surface area contributed by atoms with Gasteiger partial charge in [-0.15, -0.1) is 0 Å². The molecule has 0 aromatic heterocycles. The molecule has 3 heteroatoms. The quantitative estimate of drug-likeness (QED) is 0.643. The molecule has 0 aliphatic rings. The molecule has 13 heavy (non-hydrogen) atoms. The van der Waals surface area contributed by atoms with Crippen molar-refractivity contribution < 1.29 is 4.79 Å². The standard InChI is InChI=1S/C10H18N2O/c1-4-7-9(6-3)12-10(13)11-8-5-2/h4,6-7H,5,8H2,1-3H3,(H2,11,12,13)/b7-4-,9-6+. The topological polar surface area (TPSA) is 41.1 Å². The maximum absolute atomic E-state index is 11.1. The summed E-state index contributed by atoms with van der Waals surface area (Å²) >= 11 is 0. The SMILES string of the molecule is C/C=C\C(=C/C)NC(=O)NCCC. The number of nitrogens with one attached hydrogen (secondary N) is 2. The first kappa shape index (κ1) is 11.8. The molecule has 0 aliphatic carbocycles. The van der Waals surface area contributed by atoms with Crippen molar-refractivity contribution in [2.75, 3.05) is 6.54 Å². The summed E-state index contributed by atoms with van der Waals surface area (Å²) in [6, 6.07) is -0.145. The van der Waals surface area contributed by atoms with Crippen molar-refractivity contribution in [3.63, 3.8) is 0 Å². The highest BCUT2D eigenvalue weighted by Crippen LogP contribution is 1.90. The number of rotatable bonds is 4. The summed E-state index contributed by atoms with van der Waals surface area (Å²) in [5.74, 6) is 0. The Morgan fingerprint density at radius 2 is 2.08 bits per heavy atom. The van der Waals surface area contributed by atoms with Gasteiger partial charge in [0.05, 0.1) is 0 Å². The molecule has 3 nitrogen and oxygen atoms in total. The van der Waals surface area contributed by atoms with Crippen molar-refractivity contribution in [3.8, 4) is 0 Å². The Kier molecular flexibility index (Phi) is 6.69. The molecule has 0 saturated heterocycles. The third-order valence-electron chi connectivity index (χ3n) is 1.45. The van der Waals surface area contributed by atoms with Crippen LogP contribution in [-0.2, 0) is 0 Å². The number of allylic oxidation sites excluding steroid dienone is 3. The van der Waals surface area contributed by atoms with Gasteiger partial charge in [0, 0.05) is 12.2 Å². The fourth-order valence-electron chi connectivity index (χ4n) is 0.803. The summed E-state index contributed by atoms with van der Waals surface area (Å²) in [7, 11) is 0. The number of urea groups is 1. The highest BCUT2D eigenvalue weighted by molar-refractivity contribution is 5.76. The molecule has 2 amide bonds. The second kappa shape index (κ2) is 7.40. The van der Waals surface area contributed by atoms with E-state index in [0.29, 0.717) is 6.54 Å². The van der Waals surface area contributed by atoms with E-state index in [9.17, 15) is 4.79 Å². The molecule has 0 aliphatic heterocycles. The molecule has 0 aromatic carbocycles. The van der Waals surface area contributed by atoms with Gasteiger partial charge < -0.3 is 10.6 Å². The highest BCUT2D eigenvalue weighted by atomic mass is 16.2. The van der Waals surface area contributed by atoms with Crippen LogP contribution in [0.15, 0.2) is 23.9 Å². The first-order valence-corrected chi connectivity index (χ1v) is 4.58. The van der Waals surface area contributed by atoms with E-state index in [1.165, 1.54) is 0 Å². The first-order chi connectivity index (χ1) is 6.24. The summed E-state index contributed by atoms with van der Waals surface area (Å²) in [4.78, 5) is 11.1. The minimum atomic E-state index is -0.145. The van der Waals surface area contributed by atoms with E-state index in [-0.39, 0.29) is 6.03 Å². The van der Waals surface area contributed by atoms with Gasteiger partial charge in [-0.1, -0.05) is 19.1 Å². The van der Waals surface area contributed by atoms with Crippen molar-refractivity contribution in [2.45, 2.75) is 27.2 Å². The fourth-order valence-corrected chi connectivity index (χ4v) is 0.803. The lowest BCUT2D eigenvalue weighted by Gasteiger charge is -2.06. The third-order valence-corrected chi connectivity index (χ3v) is 1.45. The van der Waals surface area contributed by atoms with E-state index in [2.05, 4.69) is 10.6 Å². The molecule has 2 N–H and O–H groups in total. The zero-order chi connectivity index (χ0) is 10.1. The minimum absolute atomic E-state index is 0.145. The second-order valence-electron chi connectivity index (χ2n) is 2.62. The maximum Gasteiger partial charge on any atom is 0.319 e. The van der Waals surface area contributed by atoms with Crippen molar-refractivity contribution in [2.24, 2.45) is 0 Å². The van der Waals surface area contributed by atoms with E-state index >= 15 is 0 Å². The van der Waals surface area contributed by atoms with Crippen LogP contribution in [0.25, 0.3) is 0 Å². The number of amides is 2. The number of carbonyl (C=O) groups is 1. The van der Waals surface area contributed by atoms with Crippen LogP contribution in [0.5, 0.6) is 0 Å². The molecule has 0 spiro atoms. The summed E-state index contributed by atoms with van der Waals surface area (Å²) < 4.78 is 0. The molecule has 74 valence electrons. The Hall–Kier alpha value is -1.25.